The molecule has 0 saturated carbocycles. The Balaban J connectivity index is 0.00000386. The molecular formula is C41H37N4OPt-. The van der Waals surface area contributed by atoms with Crippen LogP contribution in [0, 0.1) is 6.07 Å². The summed E-state index contributed by atoms with van der Waals surface area (Å²) in [7, 11) is 0. The van der Waals surface area contributed by atoms with Gasteiger partial charge in [-0.15, -0.1) is 29.8 Å². The van der Waals surface area contributed by atoms with Gasteiger partial charge in [0, 0.05) is 50.2 Å². The van der Waals surface area contributed by atoms with Crippen molar-refractivity contribution in [3.63, 3.8) is 0 Å². The van der Waals surface area contributed by atoms with Crippen molar-refractivity contribution in [3.05, 3.63) is 127 Å². The molecule has 0 fully saturated rings. The Kier molecular flexibility index (Phi) is 8.40. The molecule has 6 heteroatoms. The summed E-state index contributed by atoms with van der Waals surface area (Å²) in [6, 6.07) is 36.7. The zero-order valence-electron chi connectivity index (χ0n) is 27.4. The Morgan fingerprint density at radius 1 is 0.638 bits per heavy atom. The third kappa shape index (κ3) is 6.01. The van der Waals surface area contributed by atoms with Gasteiger partial charge in [-0.05, 0) is 63.7 Å². The van der Waals surface area contributed by atoms with E-state index in [1.807, 2.05) is 24.4 Å². The van der Waals surface area contributed by atoms with Gasteiger partial charge < -0.3 is 9.67 Å². The van der Waals surface area contributed by atoms with Gasteiger partial charge in [0.05, 0.1) is 16.9 Å². The van der Waals surface area contributed by atoms with Crippen LogP contribution < -0.4 is 0 Å². The minimum absolute atomic E-state index is 0. The first-order valence-electron chi connectivity index (χ1n) is 15.7. The van der Waals surface area contributed by atoms with Crippen molar-refractivity contribution in [1.29, 1.82) is 0 Å². The fourth-order valence-corrected chi connectivity index (χ4v) is 6.03. The minimum atomic E-state index is -0.0307. The van der Waals surface area contributed by atoms with E-state index in [-0.39, 0.29) is 37.6 Å². The smallest absolute Gasteiger partial charge is 0.141 e. The second-order valence-electron chi connectivity index (χ2n) is 13.9. The number of pyridine rings is 2. The number of imidazole rings is 1. The number of hydrogen-bond donors (Lipinski definition) is 1. The summed E-state index contributed by atoms with van der Waals surface area (Å²) in [6.45, 7) is 13.4. The summed E-state index contributed by atoms with van der Waals surface area (Å²) >= 11 is 0. The molecule has 3 heterocycles. The Hall–Kier alpha value is -4.60. The third-order valence-electron chi connectivity index (χ3n) is 8.62. The maximum absolute atomic E-state index is 10.8. The summed E-state index contributed by atoms with van der Waals surface area (Å²) in [4.78, 5) is 14.6. The molecule has 7 rings (SSSR count). The van der Waals surface area contributed by atoms with E-state index >= 15 is 0 Å². The Labute approximate surface area is 290 Å². The van der Waals surface area contributed by atoms with Crippen molar-refractivity contribution in [3.8, 4) is 45.2 Å². The van der Waals surface area contributed by atoms with E-state index in [1.54, 1.807) is 18.3 Å². The average molecular weight is 797 g/mol. The van der Waals surface area contributed by atoms with Gasteiger partial charge >= 0.3 is 0 Å². The largest absolute Gasteiger partial charge is 0.506 e. The topological polar surface area (TPSA) is 63.8 Å². The van der Waals surface area contributed by atoms with Crippen LogP contribution in [0.5, 0.6) is 5.75 Å². The minimum Gasteiger partial charge on any atom is -0.506 e. The van der Waals surface area contributed by atoms with Crippen LogP contribution in [0.1, 0.15) is 52.7 Å². The predicted octanol–water partition coefficient (Wildman–Crippen LogP) is 10.1. The van der Waals surface area contributed by atoms with E-state index in [4.69, 9.17) is 9.97 Å². The van der Waals surface area contributed by atoms with Crippen LogP contribution in [0.25, 0.3) is 61.4 Å². The van der Waals surface area contributed by atoms with Crippen LogP contribution in [0.3, 0.4) is 0 Å². The van der Waals surface area contributed by atoms with Crippen LogP contribution in [0.2, 0.25) is 0 Å². The van der Waals surface area contributed by atoms with E-state index in [2.05, 4.69) is 124 Å². The fourth-order valence-electron chi connectivity index (χ4n) is 6.03. The van der Waals surface area contributed by atoms with Crippen molar-refractivity contribution < 1.29 is 26.2 Å². The van der Waals surface area contributed by atoms with E-state index in [1.165, 1.54) is 11.1 Å². The summed E-state index contributed by atoms with van der Waals surface area (Å²) in [5.41, 5.74) is 10.2. The third-order valence-corrected chi connectivity index (χ3v) is 8.62. The van der Waals surface area contributed by atoms with Crippen molar-refractivity contribution in [2.75, 3.05) is 0 Å². The molecule has 1 N–H and O–H groups in total. The molecule has 7 aromatic rings. The number of nitrogens with zero attached hydrogens (tertiary/aromatic N) is 4. The average Bonchev–Trinajstić information content (AvgIpc) is 3.44. The number of hydrogen-bond acceptors (Lipinski definition) is 4. The molecule has 0 radical (unpaired) electrons. The first kappa shape index (κ1) is 32.3. The van der Waals surface area contributed by atoms with E-state index in [9.17, 15) is 5.11 Å². The number of benzene rings is 4. The van der Waals surface area contributed by atoms with Crippen LogP contribution in [-0.2, 0) is 31.9 Å². The Morgan fingerprint density at radius 2 is 1.32 bits per heavy atom. The standard InChI is InChI=1S/C41H37N4O.Pt/c1-40(2,3)29-17-19-31(20-18-29)45-34-15-8-14-32(38-35(46)16-10-22-43-38)37(34)44-39(45)28-12-7-11-26(23-28)33-25-30(41(4,5)6)24-27-13-9-21-42-36(27)33;/h7-22,24-25,46H,1-6H3;/q-1;. The maximum Gasteiger partial charge on any atom is 0.141 e. The SMILES string of the molecule is CC(C)(C)c1ccc(-n2c(-c3[c-]c(-c4cc(C(C)(C)C)cc5cccnc45)ccc3)nc3c(-c4ncccc4O)cccc32)cc1.[Pt]. The van der Waals surface area contributed by atoms with Crippen molar-refractivity contribution in [2.24, 2.45) is 0 Å². The van der Waals surface area contributed by atoms with Crippen molar-refractivity contribution in [2.45, 2.75) is 52.4 Å². The van der Waals surface area contributed by atoms with E-state index in [0.29, 0.717) is 5.69 Å². The van der Waals surface area contributed by atoms with Crippen LogP contribution in [0.4, 0.5) is 0 Å². The van der Waals surface area contributed by atoms with Crippen LogP contribution in [-0.4, -0.2) is 24.6 Å². The van der Waals surface area contributed by atoms with Crippen molar-refractivity contribution in [1.82, 2.24) is 19.5 Å². The van der Waals surface area contributed by atoms with Gasteiger partial charge in [0.15, 0.2) is 0 Å². The number of rotatable bonds is 4. The van der Waals surface area contributed by atoms with Crippen molar-refractivity contribution >= 4 is 21.9 Å². The van der Waals surface area contributed by atoms with Crippen LogP contribution in [0.15, 0.2) is 109 Å². The Morgan fingerprint density at radius 3 is 2.04 bits per heavy atom. The molecule has 238 valence electrons. The molecule has 5 nitrogen and oxygen atoms in total. The molecule has 0 saturated heterocycles. The number of aromatic nitrogens is 4. The summed E-state index contributed by atoms with van der Waals surface area (Å²) < 4.78 is 2.18. The molecule has 3 aromatic heterocycles. The fraction of sp³-hybridized carbons (Fsp3) is 0.195. The normalized spacial score (nSPS) is 12.0. The molecule has 47 heavy (non-hydrogen) atoms. The summed E-state index contributed by atoms with van der Waals surface area (Å²) in [5.74, 6) is 0.875. The van der Waals surface area contributed by atoms with Crippen LogP contribution >= 0.6 is 0 Å². The maximum atomic E-state index is 10.8. The Bertz CT molecular complexity index is 2240. The second kappa shape index (κ2) is 12.2. The molecule has 0 aliphatic heterocycles. The van der Waals surface area contributed by atoms with Gasteiger partial charge in [0.25, 0.3) is 0 Å². The summed E-state index contributed by atoms with van der Waals surface area (Å²) in [5, 5.41) is 11.9. The second-order valence-corrected chi connectivity index (χ2v) is 13.9. The zero-order chi connectivity index (χ0) is 32.2. The van der Waals surface area contributed by atoms with Gasteiger partial charge in [-0.25, -0.2) is 0 Å². The predicted molar refractivity (Wildman–Crippen MR) is 188 cm³/mol. The van der Waals surface area contributed by atoms with E-state index in [0.717, 1.165) is 55.7 Å². The zero-order valence-corrected chi connectivity index (χ0v) is 29.7. The first-order chi connectivity index (χ1) is 22.0. The van der Waals surface area contributed by atoms with Gasteiger partial charge in [-0.1, -0.05) is 95.1 Å². The van der Waals surface area contributed by atoms with Gasteiger partial charge in [0.2, 0.25) is 0 Å². The molecule has 4 aromatic carbocycles. The quantitative estimate of drug-likeness (QED) is 0.180. The molecular weight excluding hydrogens is 760 g/mol. The summed E-state index contributed by atoms with van der Waals surface area (Å²) in [6.07, 6.45) is 3.54. The number of para-hydroxylation sites is 1. The molecule has 0 bridgehead atoms. The van der Waals surface area contributed by atoms with E-state index < -0.39 is 0 Å². The molecule has 0 amide bonds. The number of fused-ring (bicyclic) bond motifs is 2. The molecule has 0 spiro atoms. The first-order valence-corrected chi connectivity index (χ1v) is 15.7. The molecule has 0 unspecified atom stereocenters. The molecule has 0 aliphatic carbocycles. The molecule has 0 atom stereocenters. The monoisotopic (exact) mass is 796 g/mol. The molecule has 0 aliphatic rings. The van der Waals surface area contributed by atoms with Gasteiger partial charge in [-0.3, -0.25) is 15.0 Å². The number of aromatic hydroxyl groups is 1. The van der Waals surface area contributed by atoms with Gasteiger partial charge in [-0.2, -0.15) is 0 Å². The van der Waals surface area contributed by atoms with Gasteiger partial charge in [0.1, 0.15) is 11.4 Å².